The van der Waals surface area contributed by atoms with E-state index in [1.807, 2.05) is 24.3 Å². The molecule has 0 radical (unpaired) electrons. The van der Waals surface area contributed by atoms with Gasteiger partial charge in [-0.15, -0.1) is 11.3 Å². The van der Waals surface area contributed by atoms with E-state index in [1.54, 1.807) is 18.4 Å². The van der Waals surface area contributed by atoms with Crippen LogP contribution in [0.2, 0.25) is 0 Å². The number of ether oxygens (including phenoxy) is 1. The molecular weight excluding hydrogens is 280 g/mol. The quantitative estimate of drug-likeness (QED) is 0.745. The fourth-order valence-electron chi connectivity index (χ4n) is 1.99. The fraction of sp³-hybridized carbons (Fsp3) is 0.118. The second-order valence-corrected chi connectivity index (χ2v) is 5.62. The lowest BCUT2D eigenvalue weighted by atomic mass is 10.1. The third-order valence-corrected chi connectivity index (χ3v) is 3.95. The van der Waals surface area contributed by atoms with Crippen LogP contribution in [0.3, 0.4) is 0 Å². The normalized spacial score (nSPS) is 10.4. The number of methoxy groups -OCH3 is 1. The van der Waals surface area contributed by atoms with Gasteiger partial charge in [-0.3, -0.25) is 0 Å². The molecule has 0 amide bonds. The standard InChI is InChI=1S/C17H16N2OS/c1-12-3-5-13(6-4-12)16-11-21-17(19-16)18-14-7-9-15(20-2)10-8-14/h3-11H,1-2H3,(H,18,19). The average Bonchev–Trinajstić information content (AvgIpc) is 2.97. The van der Waals surface area contributed by atoms with Gasteiger partial charge in [0.25, 0.3) is 0 Å². The first-order valence-electron chi connectivity index (χ1n) is 6.68. The maximum Gasteiger partial charge on any atom is 0.187 e. The highest BCUT2D eigenvalue weighted by molar-refractivity contribution is 7.14. The molecule has 106 valence electrons. The van der Waals surface area contributed by atoms with E-state index in [2.05, 4.69) is 46.9 Å². The van der Waals surface area contributed by atoms with Gasteiger partial charge >= 0.3 is 0 Å². The van der Waals surface area contributed by atoms with Gasteiger partial charge in [0.2, 0.25) is 0 Å². The first kappa shape index (κ1) is 13.6. The van der Waals surface area contributed by atoms with Crippen molar-refractivity contribution in [3.05, 3.63) is 59.5 Å². The van der Waals surface area contributed by atoms with E-state index in [0.29, 0.717) is 0 Å². The molecular formula is C17H16N2OS. The SMILES string of the molecule is COc1ccc(Nc2nc(-c3ccc(C)cc3)cs2)cc1. The van der Waals surface area contributed by atoms with E-state index in [-0.39, 0.29) is 0 Å². The zero-order valence-electron chi connectivity index (χ0n) is 12.0. The summed E-state index contributed by atoms with van der Waals surface area (Å²) in [5, 5.41) is 6.26. The lowest BCUT2D eigenvalue weighted by Gasteiger charge is -2.04. The second kappa shape index (κ2) is 5.97. The van der Waals surface area contributed by atoms with E-state index < -0.39 is 0 Å². The Bertz CT molecular complexity index is 717. The van der Waals surface area contributed by atoms with Crippen molar-refractivity contribution in [1.29, 1.82) is 0 Å². The maximum atomic E-state index is 5.15. The molecule has 21 heavy (non-hydrogen) atoms. The minimum atomic E-state index is 0.847. The Morgan fingerprint density at radius 3 is 2.38 bits per heavy atom. The molecule has 0 atom stereocenters. The number of anilines is 2. The number of benzene rings is 2. The molecule has 3 aromatic rings. The van der Waals surface area contributed by atoms with Gasteiger partial charge in [-0.05, 0) is 31.2 Å². The van der Waals surface area contributed by atoms with Gasteiger partial charge in [-0.2, -0.15) is 0 Å². The summed E-state index contributed by atoms with van der Waals surface area (Å²) in [6.07, 6.45) is 0. The minimum absolute atomic E-state index is 0.847. The highest BCUT2D eigenvalue weighted by Crippen LogP contribution is 2.27. The number of aromatic nitrogens is 1. The van der Waals surface area contributed by atoms with Crippen LogP contribution in [-0.2, 0) is 0 Å². The molecule has 1 aromatic heterocycles. The topological polar surface area (TPSA) is 34.1 Å². The smallest absolute Gasteiger partial charge is 0.187 e. The Kier molecular flexibility index (Phi) is 3.88. The van der Waals surface area contributed by atoms with Crippen molar-refractivity contribution in [2.24, 2.45) is 0 Å². The molecule has 0 saturated carbocycles. The van der Waals surface area contributed by atoms with Gasteiger partial charge in [0.15, 0.2) is 5.13 Å². The molecule has 4 heteroatoms. The predicted molar refractivity (Wildman–Crippen MR) is 88.6 cm³/mol. The molecule has 0 aliphatic carbocycles. The Hall–Kier alpha value is -2.33. The van der Waals surface area contributed by atoms with Crippen molar-refractivity contribution in [3.8, 4) is 17.0 Å². The Morgan fingerprint density at radius 2 is 1.71 bits per heavy atom. The Morgan fingerprint density at radius 1 is 1.00 bits per heavy atom. The van der Waals surface area contributed by atoms with Crippen LogP contribution < -0.4 is 10.1 Å². The summed E-state index contributed by atoms with van der Waals surface area (Å²) in [5.41, 5.74) is 4.39. The predicted octanol–water partition coefficient (Wildman–Crippen LogP) is 4.87. The van der Waals surface area contributed by atoms with Gasteiger partial charge < -0.3 is 10.1 Å². The number of hydrogen-bond acceptors (Lipinski definition) is 4. The van der Waals surface area contributed by atoms with Crippen LogP contribution in [-0.4, -0.2) is 12.1 Å². The van der Waals surface area contributed by atoms with Crippen LogP contribution in [0.1, 0.15) is 5.56 Å². The number of thiazole rings is 1. The third kappa shape index (κ3) is 3.23. The highest BCUT2D eigenvalue weighted by atomic mass is 32.1. The number of rotatable bonds is 4. The van der Waals surface area contributed by atoms with Gasteiger partial charge in [-0.1, -0.05) is 29.8 Å². The largest absolute Gasteiger partial charge is 0.497 e. The van der Waals surface area contributed by atoms with Crippen molar-refractivity contribution in [2.45, 2.75) is 6.92 Å². The van der Waals surface area contributed by atoms with Crippen molar-refractivity contribution in [3.63, 3.8) is 0 Å². The van der Waals surface area contributed by atoms with Gasteiger partial charge in [0.1, 0.15) is 5.75 Å². The van der Waals surface area contributed by atoms with Crippen molar-refractivity contribution in [1.82, 2.24) is 4.98 Å². The molecule has 0 fully saturated rings. The lowest BCUT2D eigenvalue weighted by molar-refractivity contribution is 0.415. The number of aryl methyl sites for hydroxylation is 1. The number of nitrogens with one attached hydrogen (secondary N) is 1. The molecule has 3 nitrogen and oxygen atoms in total. The zero-order chi connectivity index (χ0) is 14.7. The monoisotopic (exact) mass is 296 g/mol. The highest BCUT2D eigenvalue weighted by Gasteiger charge is 2.05. The van der Waals surface area contributed by atoms with Crippen LogP contribution in [0, 0.1) is 6.92 Å². The van der Waals surface area contributed by atoms with Crippen LogP contribution in [0.5, 0.6) is 5.75 Å². The Balaban J connectivity index is 1.76. The fourth-order valence-corrected chi connectivity index (χ4v) is 2.73. The van der Waals surface area contributed by atoms with Crippen LogP contribution in [0.4, 0.5) is 10.8 Å². The van der Waals surface area contributed by atoms with Gasteiger partial charge in [-0.25, -0.2) is 4.98 Å². The molecule has 0 spiro atoms. The van der Waals surface area contributed by atoms with Crippen LogP contribution in [0.15, 0.2) is 53.9 Å². The van der Waals surface area contributed by atoms with Gasteiger partial charge in [0.05, 0.1) is 12.8 Å². The van der Waals surface area contributed by atoms with E-state index in [4.69, 9.17) is 4.74 Å². The summed E-state index contributed by atoms with van der Waals surface area (Å²) in [4.78, 5) is 4.62. The summed E-state index contributed by atoms with van der Waals surface area (Å²) < 4.78 is 5.15. The van der Waals surface area contributed by atoms with Crippen LogP contribution >= 0.6 is 11.3 Å². The molecule has 2 aromatic carbocycles. The molecule has 0 saturated heterocycles. The number of nitrogens with zero attached hydrogens (tertiary/aromatic N) is 1. The molecule has 1 N–H and O–H groups in total. The summed E-state index contributed by atoms with van der Waals surface area (Å²) in [6, 6.07) is 16.2. The lowest BCUT2D eigenvalue weighted by Crippen LogP contribution is -1.90. The van der Waals surface area contributed by atoms with Crippen LogP contribution in [0.25, 0.3) is 11.3 Å². The average molecular weight is 296 g/mol. The third-order valence-electron chi connectivity index (χ3n) is 3.19. The Labute approximate surface area is 128 Å². The number of hydrogen-bond donors (Lipinski definition) is 1. The summed E-state index contributed by atoms with van der Waals surface area (Å²) in [6.45, 7) is 2.08. The zero-order valence-corrected chi connectivity index (χ0v) is 12.8. The van der Waals surface area contributed by atoms with Crippen molar-refractivity contribution in [2.75, 3.05) is 12.4 Å². The second-order valence-electron chi connectivity index (χ2n) is 4.76. The first-order chi connectivity index (χ1) is 10.2. The van der Waals surface area contributed by atoms with Crippen molar-refractivity contribution >= 4 is 22.2 Å². The first-order valence-corrected chi connectivity index (χ1v) is 7.56. The molecule has 3 rings (SSSR count). The van der Waals surface area contributed by atoms with E-state index in [0.717, 1.165) is 27.8 Å². The summed E-state index contributed by atoms with van der Waals surface area (Å²) in [5.74, 6) is 0.847. The molecule has 0 aliphatic rings. The van der Waals surface area contributed by atoms with E-state index in [1.165, 1.54) is 5.56 Å². The summed E-state index contributed by atoms with van der Waals surface area (Å²) in [7, 11) is 1.66. The van der Waals surface area contributed by atoms with E-state index >= 15 is 0 Å². The maximum absolute atomic E-state index is 5.15. The molecule has 0 aliphatic heterocycles. The van der Waals surface area contributed by atoms with Gasteiger partial charge in [0, 0.05) is 16.6 Å². The minimum Gasteiger partial charge on any atom is -0.497 e. The molecule has 1 heterocycles. The van der Waals surface area contributed by atoms with Crippen molar-refractivity contribution < 1.29 is 4.74 Å². The summed E-state index contributed by atoms with van der Waals surface area (Å²) >= 11 is 1.60. The molecule has 0 unspecified atom stereocenters. The van der Waals surface area contributed by atoms with E-state index in [9.17, 15) is 0 Å². The molecule has 0 bridgehead atoms.